The van der Waals surface area contributed by atoms with Gasteiger partial charge in [-0.3, -0.25) is 14.9 Å². The molecule has 0 aliphatic carbocycles. The molecule has 0 saturated heterocycles. The summed E-state index contributed by atoms with van der Waals surface area (Å²) in [6, 6.07) is 21.2. The van der Waals surface area contributed by atoms with E-state index < -0.39 is 17.1 Å². The average molecular weight is 501 g/mol. The first-order chi connectivity index (χ1) is 17.4. The molecule has 0 radical (unpaired) electrons. The molecule has 1 aliphatic rings. The molecule has 1 aliphatic heterocycles. The molecule has 0 bridgehead atoms. The molecule has 1 unspecified atom stereocenters. The van der Waals surface area contributed by atoms with E-state index in [4.69, 9.17) is 16.3 Å². The van der Waals surface area contributed by atoms with E-state index in [-0.39, 0.29) is 22.5 Å². The molecule has 2 heterocycles. The van der Waals surface area contributed by atoms with Crippen molar-refractivity contribution < 1.29 is 19.6 Å². The number of carbonyl (C=O) groups is 1. The zero-order chi connectivity index (χ0) is 25.2. The van der Waals surface area contributed by atoms with Gasteiger partial charge in [-0.25, -0.2) is 4.98 Å². The summed E-state index contributed by atoms with van der Waals surface area (Å²) in [7, 11) is 0. The summed E-state index contributed by atoms with van der Waals surface area (Å²) in [5.41, 5.74) is 2.09. The summed E-state index contributed by atoms with van der Waals surface area (Å²) in [4.78, 5) is 28.1. The van der Waals surface area contributed by atoms with Gasteiger partial charge in [0.05, 0.1) is 16.0 Å². The van der Waals surface area contributed by atoms with E-state index in [1.54, 1.807) is 24.3 Å². The second-order valence-electron chi connectivity index (χ2n) is 7.85. The van der Waals surface area contributed by atoms with Crippen LogP contribution in [0, 0.1) is 10.1 Å². The number of halogens is 1. The molecule has 3 aromatic carbocycles. The third kappa shape index (κ3) is 4.59. The van der Waals surface area contributed by atoms with Crippen LogP contribution in [0.2, 0.25) is 5.15 Å². The second kappa shape index (κ2) is 9.47. The van der Waals surface area contributed by atoms with Crippen molar-refractivity contribution in [3.63, 3.8) is 0 Å². The molecule has 1 atom stereocenters. The fraction of sp³-hybridized carbons (Fsp3) is 0.0385. The van der Waals surface area contributed by atoms with Gasteiger partial charge in [0.2, 0.25) is 12.1 Å². The molecule has 36 heavy (non-hydrogen) atoms. The highest BCUT2D eigenvalue weighted by molar-refractivity contribution is 6.30. The smallest absolute Gasteiger partial charge is 0.270 e. The molecular formula is C26H17ClN4O5. The lowest BCUT2D eigenvalue weighted by atomic mass is 10.1. The molecule has 1 amide bonds. The normalized spacial score (nSPS) is 15.2. The number of non-ortho nitro benzene ring substituents is 1. The third-order valence-electron chi connectivity index (χ3n) is 5.45. The molecule has 9 nitrogen and oxygen atoms in total. The lowest BCUT2D eigenvalue weighted by Crippen LogP contribution is -2.26. The lowest BCUT2D eigenvalue weighted by molar-refractivity contribution is -0.384. The van der Waals surface area contributed by atoms with Crippen LogP contribution < -0.4 is 0 Å². The fourth-order valence-corrected chi connectivity index (χ4v) is 3.93. The number of carbonyl (C=O) groups excluding carboxylic acids is 1. The number of fused-ring (bicyclic) bond motifs is 1. The maximum absolute atomic E-state index is 13.2. The van der Waals surface area contributed by atoms with Crippen molar-refractivity contribution in [2.45, 2.75) is 6.23 Å². The van der Waals surface area contributed by atoms with Crippen LogP contribution in [0.3, 0.4) is 0 Å². The minimum absolute atomic E-state index is 0.0690. The number of pyridine rings is 1. The Morgan fingerprint density at radius 3 is 2.61 bits per heavy atom. The number of hydrazone groups is 1. The number of aromatic hydroxyl groups is 1. The Labute approximate surface area is 209 Å². The molecule has 1 aromatic heterocycles. The summed E-state index contributed by atoms with van der Waals surface area (Å²) >= 11 is 6.49. The zero-order valence-corrected chi connectivity index (χ0v) is 19.2. The van der Waals surface area contributed by atoms with E-state index in [0.29, 0.717) is 22.2 Å². The van der Waals surface area contributed by atoms with Crippen LogP contribution in [-0.4, -0.2) is 31.8 Å². The van der Waals surface area contributed by atoms with E-state index in [0.717, 1.165) is 10.4 Å². The van der Waals surface area contributed by atoms with Crippen molar-refractivity contribution in [1.29, 1.82) is 0 Å². The Kier molecular flexibility index (Phi) is 6.05. The molecule has 4 aromatic rings. The highest BCUT2D eigenvalue weighted by atomic mass is 35.5. The number of nitro groups is 1. The van der Waals surface area contributed by atoms with E-state index in [1.165, 1.54) is 42.5 Å². The number of amides is 1. The van der Waals surface area contributed by atoms with Gasteiger partial charge in [0.1, 0.15) is 10.9 Å². The molecule has 0 spiro atoms. The van der Waals surface area contributed by atoms with Crippen LogP contribution in [0.1, 0.15) is 22.9 Å². The van der Waals surface area contributed by atoms with Crippen molar-refractivity contribution in [3.8, 4) is 5.75 Å². The number of ether oxygens (including phenoxy) is 1. The standard InChI is InChI=1S/C26H17ClN4O5/c27-24-21(15-18-5-1-2-7-22(18)28-24)26-30(23(33)13-8-16-4-3-6-20(32)14-16)29-25(36-26)17-9-11-19(12-10-17)31(34)35/h1-15,26,32H/b13-8+. The first-order valence-corrected chi connectivity index (χ1v) is 11.1. The monoisotopic (exact) mass is 500 g/mol. The summed E-state index contributed by atoms with van der Waals surface area (Å²) in [6.07, 6.45) is 1.82. The third-order valence-corrected chi connectivity index (χ3v) is 5.76. The highest BCUT2D eigenvalue weighted by Crippen LogP contribution is 2.35. The fourth-order valence-electron chi connectivity index (χ4n) is 3.70. The number of nitrogens with zero attached hydrogens (tertiary/aromatic N) is 4. The molecule has 10 heteroatoms. The molecule has 0 fully saturated rings. The number of hydrogen-bond donors (Lipinski definition) is 1. The predicted octanol–water partition coefficient (Wildman–Crippen LogP) is 5.43. The SMILES string of the molecule is O=C(/C=C/c1cccc(O)c1)N1N=C(c2ccc([N+](=O)[O-])cc2)OC1c1cc2ccccc2nc1Cl. The summed E-state index contributed by atoms with van der Waals surface area (Å²) in [5, 5.41) is 27.1. The summed E-state index contributed by atoms with van der Waals surface area (Å²) in [6.45, 7) is 0. The van der Waals surface area contributed by atoms with Crippen molar-refractivity contribution in [3.05, 3.63) is 117 Å². The quantitative estimate of drug-likeness (QED) is 0.169. The Hall–Kier alpha value is -4.76. The largest absolute Gasteiger partial charge is 0.508 e. The van der Waals surface area contributed by atoms with E-state index in [1.807, 2.05) is 24.3 Å². The van der Waals surface area contributed by atoms with Crippen molar-refractivity contribution in [1.82, 2.24) is 9.99 Å². The Balaban J connectivity index is 1.53. The highest BCUT2D eigenvalue weighted by Gasteiger charge is 2.36. The first kappa shape index (κ1) is 23.0. The van der Waals surface area contributed by atoms with Gasteiger partial charge in [-0.2, -0.15) is 5.01 Å². The minimum Gasteiger partial charge on any atom is -0.508 e. The van der Waals surface area contributed by atoms with Gasteiger partial charge in [-0.15, -0.1) is 5.10 Å². The lowest BCUT2D eigenvalue weighted by Gasteiger charge is -2.20. The van der Waals surface area contributed by atoms with Gasteiger partial charge in [0, 0.05) is 29.2 Å². The van der Waals surface area contributed by atoms with E-state index >= 15 is 0 Å². The molecule has 1 N–H and O–H groups in total. The van der Waals surface area contributed by atoms with Gasteiger partial charge in [0.15, 0.2) is 0 Å². The van der Waals surface area contributed by atoms with Crippen LogP contribution in [0.5, 0.6) is 5.75 Å². The maximum atomic E-state index is 13.2. The predicted molar refractivity (Wildman–Crippen MR) is 134 cm³/mol. The van der Waals surface area contributed by atoms with Crippen LogP contribution in [-0.2, 0) is 9.53 Å². The number of aromatic nitrogens is 1. The molecule has 5 rings (SSSR count). The number of benzene rings is 3. The number of nitro benzene ring substituents is 1. The number of hydrogen-bond acceptors (Lipinski definition) is 7. The molecule has 0 saturated carbocycles. The Morgan fingerprint density at radius 2 is 1.86 bits per heavy atom. The van der Waals surface area contributed by atoms with Crippen molar-refractivity contribution >= 4 is 46.1 Å². The van der Waals surface area contributed by atoms with Crippen LogP contribution in [0.15, 0.2) is 90.0 Å². The van der Waals surface area contributed by atoms with Crippen LogP contribution in [0.4, 0.5) is 5.69 Å². The van der Waals surface area contributed by atoms with Gasteiger partial charge in [0.25, 0.3) is 11.6 Å². The van der Waals surface area contributed by atoms with E-state index in [2.05, 4.69) is 10.1 Å². The zero-order valence-electron chi connectivity index (χ0n) is 18.5. The van der Waals surface area contributed by atoms with Crippen molar-refractivity contribution in [2.24, 2.45) is 5.10 Å². The van der Waals surface area contributed by atoms with Crippen LogP contribution in [0.25, 0.3) is 17.0 Å². The number of para-hydroxylation sites is 1. The first-order valence-electron chi connectivity index (χ1n) is 10.7. The Bertz CT molecular complexity index is 1550. The average Bonchev–Trinajstić information content (AvgIpc) is 3.32. The number of phenols is 1. The number of phenolic OH excluding ortho intramolecular Hbond substituents is 1. The van der Waals surface area contributed by atoms with E-state index in [9.17, 15) is 20.0 Å². The number of rotatable bonds is 5. The van der Waals surface area contributed by atoms with Crippen LogP contribution >= 0.6 is 11.6 Å². The second-order valence-corrected chi connectivity index (χ2v) is 8.21. The Morgan fingerprint density at radius 1 is 1.08 bits per heavy atom. The van der Waals surface area contributed by atoms with Gasteiger partial charge < -0.3 is 9.84 Å². The van der Waals surface area contributed by atoms with Crippen molar-refractivity contribution in [2.75, 3.05) is 0 Å². The topological polar surface area (TPSA) is 118 Å². The van der Waals surface area contributed by atoms with Gasteiger partial charge in [-0.1, -0.05) is 41.9 Å². The summed E-state index contributed by atoms with van der Waals surface area (Å²) < 4.78 is 6.06. The molecule has 178 valence electrons. The maximum Gasteiger partial charge on any atom is 0.270 e. The minimum atomic E-state index is -1.03. The molecular weight excluding hydrogens is 484 g/mol. The van der Waals surface area contributed by atoms with Gasteiger partial charge in [-0.05, 0) is 48.0 Å². The summed E-state index contributed by atoms with van der Waals surface area (Å²) in [5.74, 6) is -0.345. The van der Waals surface area contributed by atoms with Gasteiger partial charge >= 0.3 is 0 Å².